The largest absolute Gasteiger partial charge is 0.497 e. The van der Waals surface area contributed by atoms with Crippen LogP contribution < -0.4 is 53.3 Å². The molecule has 6 rings (SSSR count). The van der Waals surface area contributed by atoms with Crippen LogP contribution in [0, 0.1) is 0 Å². The summed E-state index contributed by atoms with van der Waals surface area (Å²) in [6, 6.07) is 20.3. The van der Waals surface area contributed by atoms with Gasteiger partial charge in [0.05, 0.1) is 68.0 Å². The smallest absolute Gasteiger partial charge is 0.255 e. The molecule has 1 aliphatic rings. The highest BCUT2D eigenvalue weighted by atomic mass is 16.5. The van der Waals surface area contributed by atoms with Crippen molar-refractivity contribution in [3.8, 4) is 74.3 Å². The Hall–Kier alpha value is -6.44. The van der Waals surface area contributed by atoms with Crippen molar-refractivity contribution in [2.45, 2.75) is 64.1 Å². The molecule has 0 saturated heterocycles. The molecule has 320 valence electrons. The Morgan fingerprint density at radius 1 is 0.633 bits per heavy atom. The number of unbranched alkanes of at least 4 members (excludes halogenated alkanes) is 3. The standard InChI is InChI=1S/C46H55N3O11/c1-9-14-31(15-12-10-11-13-20-58-36-19-16-28(21-38(36)52-3)45-47-34-18-17-32(51-2)26-33(34)46(50)48-45)59-44-41(55-6)24-30(25-42(44)56-7)37-27-35(49-60-37)29-22-39(53-4)43(57-8)40(23-29)54-5/h16-19,21-27,31,45,47H,9-15,20H2,1-8H3,(H,48,50). The fourth-order valence-electron chi connectivity index (χ4n) is 7.19. The molecule has 1 aromatic heterocycles. The molecule has 2 atom stereocenters. The summed E-state index contributed by atoms with van der Waals surface area (Å²) in [5, 5.41) is 10.7. The number of aromatic nitrogens is 1. The maximum Gasteiger partial charge on any atom is 0.255 e. The van der Waals surface area contributed by atoms with Crippen LogP contribution in [0.25, 0.3) is 22.6 Å². The zero-order valence-electron chi connectivity index (χ0n) is 35.6. The lowest BCUT2D eigenvalue weighted by Crippen LogP contribution is -2.38. The number of ether oxygens (including phenoxy) is 9. The predicted molar refractivity (Wildman–Crippen MR) is 228 cm³/mol. The number of methoxy groups -OCH3 is 7. The quantitative estimate of drug-likeness (QED) is 0.0639. The number of nitrogens with one attached hydrogen (secondary N) is 2. The molecule has 1 aliphatic heterocycles. The Morgan fingerprint density at radius 3 is 1.95 bits per heavy atom. The lowest BCUT2D eigenvalue weighted by atomic mass is 10.0. The highest BCUT2D eigenvalue weighted by molar-refractivity contribution is 6.02. The number of hydrogen-bond donors (Lipinski definition) is 2. The summed E-state index contributed by atoms with van der Waals surface area (Å²) in [4.78, 5) is 12.9. The van der Waals surface area contributed by atoms with Gasteiger partial charge in [0.25, 0.3) is 5.91 Å². The minimum absolute atomic E-state index is 0.0284. The van der Waals surface area contributed by atoms with Crippen LogP contribution >= 0.6 is 0 Å². The molecular weight excluding hydrogens is 771 g/mol. The SMILES string of the molecule is CCCC(CCCCCCOc1ccc(C2NC(=O)c3cc(OC)ccc3N2)cc1OC)Oc1c(OC)cc(-c2cc(-c3cc(OC)c(OC)c(OC)c3)no2)cc1OC. The van der Waals surface area contributed by atoms with Gasteiger partial charge >= 0.3 is 0 Å². The average molecular weight is 826 g/mol. The topological polar surface area (TPSA) is 150 Å². The first-order valence-electron chi connectivity index (χ1n) is 20.0. The Morgan fingerprint density at radius 2 is 1.30 bits per heavy atom. The summed E-state index contributed by atoms with van der Waals surface area (Å²) >= 11 is 0. The van der Waals surface area contributed by atoms with E-state index < -0.39 is 6.17 Å². The van der Waals surface area contributed by atoms with Crippen molar-refractivity contribution < 1.29 is 51.9 Å². The Kier molecular flexibility index (Phi) is 14.7. The predicted octanol–water partition coefficient (Wildman–Crippen LogP) is 9.50. The molecule has 0 bridgehead atoms. The van der Waals surface area contributed by atoms with E-state index in [1.165, 1.54) is 0 Å². The zero-order valence-corrected chi connectivity index (χ0v) is 35.6. The Balaban J connectivity index is 1.01. The number of carbonyl (C=O) groups is 1. The van der Waals surface area contributed by atoms with Gasteiger partial charge in [-0.1, -0.05) is 37.4 Å². The molecule has 0 saturated carbocycles. The molecule has 2 heterocycles. The minimum atomic E-state index is -0.417. The molecule has 0 fully saturated rings. The molecule has 0 aliphatic carbocycles. The molecule has 2 unspecified atom stereocenters. The summed E-state index contributed by atoms with van der Waals surface area (Å²) in [7, 11) is 11.1. The average Bonchev–Trinajstić information content (AvgIpc) is 3.78. The van der Waals surface area contributed by atoms with Crippen LogP contribution in [-0.4, -0.2) is 73.5 Å². The van der Waals surface area contributed by atoms with E-state index >= 15 is 0 Å². The van der Waals surface area contributed by atoms with Crippen molar-refractivity contribution >= 4 is 11.6 Å². The third kappa shape index (κ3) is 9.87. The van der Waals surface area contributed by atoms with Crippen LogP contribution in [0.5, 0.6) is 51.7 Å². The molecular formula is C46H55N3O11. The van der Waals surface area contributed by atoms with Crippen LogP contribution in [0.15, 0.2) is 71.3 Å². The van der Waals surface area contributed by atoms with Gasteiger partial charge in [0.2, 0.25) is 11.5 Å². The van der Waals surface area contributed by atoms with Crippen LogP contribution in [0.2, 0.25) is 0 Å². The summed E-state index contributed by atoms with van der Waals surface area (Å²) in [6.07, 6.45) is 6.18. The number of fused-ring (bicyclic) bond motifs is 1. The van der Waals surface area contributed by atoms with Gasteiger partial charge in [-0.15, -0.1) is 0 Å². The zero-order chi connectivity index (χ0) is 42.6. The molecule has 4 aromatic carbocycles. The number of carbonyl (C=O) groups excluding carboxylic acids is 1. The van der Waals surface area contributed by atoms with Crippen molar-refractivity contribution in [1.29, 1.82) is 0 Å². The molecule has 1 amide bonds. The second kappa shape index (κ2) is 20.5. The third-order valence-corrected chi connectivity index (χ3v) is 10.4. The maximum absolute atomic E-state index is 12.9. The molecule has 0 radical (unpaired) electrons. The first-order chi connectivity index (χ1) is 29.3. The van der Waals surface area contributed by atoms with Crippen LogP contribution in [-0.2, 0) is 0 Å². The molecule has 2 N–H and O–H groups in total. The van der Waals surface area contributed by atoms with Crippen LogP contribution in [0.1, 0.15) is 74.0 Å². The number of anilines is 1. The van der Waals surface area contributed by atoms with Crippen molar-refractivity contribution in [1.82, 2.24) is 10.5 Å². The van der Waals surface area contributed by atoms with E-state index in [0.29, 0.717) is 80.9 Å². The highest BCUT2D eigenvalue weighted by Crippen LogP contribution is 2.45. The summed E-state index contributed by atoms with van der Waals surface area (Å²) in [5.41, 5.74) is 4.16. The van der Waals surface area contributed by atoms with E-state index in [1.54, 1.807) is 55.8 Å². The monoisotopic (exact) mass is 825 g/mol. The summed E-state index contributed by atoms with van der Waals surface area (Å²) in [5.74, 6) is 5.34. The first kappa shape index (κ1) is 43.1. The molecule has 0 spiro atoms. The Bertz CT molecular complexity index is 2170. The fourth-order valence-corrected chi connectivity index (χ4v) is 7.19. The van der Waals surface area contributed by atoms with Crippen molar-refractivity contribution in [3.63, 3.8) is 0 Å². The number of hydrogen-bond acceptors (Lipinski definition) is 13. The van der Waals surface area contributed by atoms with Gasteiger partial charge in [0.15, 0.2) is 40.3 Å². The van der Waals surface area contributed by atoms with Crippen molar-refractivity contribution in [2.75, 3.05) is 61.7 Å². The highest BCUT2D eigenvalue weighted by Gasteiger charge is 2.26. The Labute approximate surface area is 351 Å². The van der Waals surface area contributed by atoms with E-state index in [2.05, 4.69) is 22.7 Å². The molecule has 5 aromatic rings. The van der Waals surface area contributed by atoms with Gasteiger partial charge in [0, 0.05) is 22.9 Å². The summed E-state index contributed by atoms with van der Waals surface area (Å²) in [6.45, 7) is 2.70. The van der Waals surface area contributed by atoms with Gasteiger partial charge < -0.3 is 57.8 Å². The number of rotatable bonds is 22. The van der Waals surface area contributed by atoms with E-state index in [4.69, 9.17) is 47.2 Å². The fraction of sp³-hybridized carbons (Fsp3) is 0.391. The van der Waals surface area contributed by atoms with Crippen molar-refractivity contribution in [2.24, 2.45) is 0 Å². The van der Waals surface area contributed by atoms with Gasteiger partial charge in [0.1, 0.15) is 17.6 Å². The van der Waals surface area contributed by atoms with Crippen LogP contribution in [0.3, 0.4) is 0 Å². The van der Waals surface area contributed by atoms with E-state index in [0.717, 1.165) is 61.8 Å². The van der Waals surface area contributed by atoms with E-state index in [9.17, 15) is 4.79 Å². The second-order valence-corrected chi connectivity index (χ2v) is 14.2. The normalized spacial score (nSPS) is 13.6. The molecule has 14 nitrogen and oxygen atoms in total. The number of nitrogens with zero attached hydrogens (tertiary/aromatic N) is 1. The minimum Gasteiger partial charge on any atom is -0.497 e. The summed E-state index contributed by atoms with van der Waals surface area (Å²) < 4.78 is 57.7. The lowest BCUT2D eigenvalue weighted by Gasteiger charge is -2.28. The second-order valence-electron chi connectivity index (χ2n) is 14.2. The third-order valence-electron chi connectivity index (χ3n) is 10.4. The number of amides is 1. The van der Waals surface area contributed by atoms with E-state index in [1.807, 2.05) is 60.7 Å². The maximum atomic E-state index is 12.9. The van der Waals surface area contributed by atoms with Crippen molar-refractivity contribution in [3.05, 3.63) is 77.9 Å². The van der Waals surface area contributed by atoms with Gasteiger partial charge in [-0.2, -0.15) is 0 Å². The first-order valence-corrected chi connectivity index (χ1v) is 20.0. The van der Waals surface area contributed by atoms with Gasteiger partial charge in [-0.05, 0) is 85.8 Å². The van der Waals surface area contributed by atoms with Crippen LogP contribution in [0.4, 0.5) is 5.69 Å². The van der Waals surface area contributed by atoms with Gasteiger partial charge in [-0.25, -0.2) is 0 Å². The molecule has 14 heteroatoms. The molecule has 60 heavy (non-hydrogen) atoms. The van der Waals surface area contributed by atoms with E-state index in [-0.39, 0.29) is 12.0 Å². The van der Waals surface area contributed by atoms with Gasteiger partial charge in [-0.3, -0.25) is 4.79 Å². The number of benzene rings is 4. The lowest BCUT2D eigenvalue weighted by molar-refractivity contribution is 0.0935.